The monoisotopic (exact) mass is 1070 g/mol. The van der Waals surface area contributed by atoms with E-state index in [0.29, 0.717) is 64.9 Å². The Hall–Kier alpha value is -2.56. The van der Waals surface area contributed by atoms with Crippen LogP contribution >= 0.6 is 11.6 Å². The molecule has 1 N–H and O–H groups in total. The number of benzene rings is 2. The second kappa shape index (κ2) is 26.8. The van der Waals surface area contributed by atoms with Crippen molar-refractivity contribution in [1.29, 1.82) is 0 Å². The minimum absolute atomic E-state index is 0. The second-order valence-corrected chi connectivity index (χ2v) is 23.9. The standard InChI is InChI=1S/C50H65ClN4O11S3.2Na/c1-35(2)48(57)52-26-11-9-7-8-10-17-40(56)21-18-36-15-12-16-38(31-36)37(19-24-45-49(3,4)43-32-39(51)34-54(47(43)53-45)27-13-29-67(58,59)60)20-25-46-50(5,6)42-33-41(69(64,65)66)22-23-44(42)55(46)28-14-30-68(61,62)63;;/h12,15-16,19-20,22-25,31-35H,7-11,13-14,17-18,21,26-30H2,1-6H3,(H3-,52,57,58,59,60,61,62,63,64,65,66);;/q;2*+1/p-2. The zero-order valence-electron chi connectivity index (χ0n) is 42.1. The van der Waals surface area contributed by atoms with E-state index in [-0.39, 0.29) is 103 Å². The van der Waals surface area contributed by atoms with E-state index in [0.717, 1.165) is 48.8 Å². The van der Waals surface area contributed by atoms with Gasteiger partial charge in [-0.15, -0.1) is 0 Å². The molecule has 0 fully saturated rings. The van der Waals surface area contributed by atoms with Crippen molar-refractivity contribution in [2.45, 2.75) is 128 Å². The maximum atomic E-state index is 13.1. The topological polar surface area (TPSA) is 237 Å². The number of Topliss-reactive ketones (excluding diaryl/α,β-unsaturated/α-hetero) is 1. The van der Waals surface area contributed by atoms with E-state index in [2.05, 4.69) is 5.32 Å². The van der Waals surface area contributed by atoms with Crippen molar-refractivity contribution in [2.24, 2.45) is 10.9 Å². The summed E-state index contributed by atoms with van der Waals surface area (Å²) in [5.74, 6) is -0.424. The predicted molar refractivity (Wildman–Crippen MR) is 265 cm³/mol. The Morgan fingerprint density at radius 3 is 2.14 bits per heavy atom. The number of allylic oxidation sites excluding steroid dienone is 6. The van der Waals surface area contributed by atoms with Crippen LogP contribution in [0.2, 0.25) is 5.02 Å². The first-order valence-corrected chi connectivity index (χ1v) is 28.2. The molecule has 5 rings (SSSR count). The van der Waals surface area contributed by atoms with Gasteiger partial charge in [0, 0.05) is 60.2 Å². The number of aryl methyl sites for hydroxylation is 2. The molecule has 0 aliphatic carbocycles. The fourth-order valence-corrected chi connectivity index (χ4v) is 10.3. The van der Waals surface area contributed by atoms with Crippen LogP contribution in [0, 0.1) is 5.92 Å². The van der Waals surface area contributed by atoms with E-state index in [1.165, 1.54) is 18.2 Å². The molecule has 2 aromatic carbocycles. The average molecular weight is 1070 g/mol. The number of aliphatic imine (C=N–C) groups is 1. The van der Waals surface area contributed by atoms with Gasteiger partial charge in [0.05, 0.1) is 47.7 Å². The molecule has 71 heavy (non-hydrogen) atoms. The molecule has 0 unspecified atom stereocenters. The summed E-state index contributed by atoms with van der Waals surface area (Å²) in [6.45, 7) is 12.4. The number of nitrogens with zero attached hydrogens (tertiary/aromatic N) is 3. The number of hydrogen-bond acceptors (Lipinski definition) is 13. The number of pyridine rings is 1. The summed E-state index contributed by atoms with van der Waals surface area (Å²) < 4.78 is 107. The van der Waals surface area contributed by atoms with Gasteiger partial charge in [-0.25, -0.2) is 29.8 Å². The van der Waals surface area contributed by atoms with Crippen LogP contribution < -0.4 is 73.9 Å². The molecule has 3 aromatic rings. The van der Waals surface area contributed by atoms with Crippen molar-refractivity contribution >= 4 is 76.4 Å². The maximum Gasteiger partial charge on any atom is 1.00 e. The molecular weight excluding hydrogens is 1010 g/mol. The largest absolute Gasteiger partial charge is 1.00 e. The predicted octanol–water partition coefficient (Wildman–Crippen LogP) is 1.71. The number of ketones is 1. The van der Waals surface area contributed by atoms with Crippen molar-refractivity contribution < 1.29 is 112 Å². The summed E-state index contributed by atoms with van der Waals surface area (Å²) in [6.07, 6.45) is 15.1. The number of carbonyl (C=O) groups excluding carboxylic acids is 2. The van der Waals surface area contributed by atoms with Crippen molar-refractivity contribution in [3.05, 3.63) is 112 Å². The zero-order chi connectivity index (χ0) is 51.0. The van der Waals surface area contributed by atoms with Crippen LogP contribution in [0.1, 0.15) is 122 Å². The molecule has 0 radical (unpaired) electrons. The van der Waals surface area contributed by atoms with Crippen LogP contribution in [0.4, 0.5) is 11.5 Å². The molecule has 0 atom stereocenters. The fourth-order valence-electron chi connectivity index (χ4n) is 8.65. The van der Waals surface area contributed by atoms with E-state index in [1.807, 2.05) is 101 Å². The Morgan fingerprint density at radius 1 is 0.817 bits per heavy atom. The number of halogens is 1. The summed E-state index contributed by atoms with van der Waals surface area (Å²) in [6, 6.07) is 13.7. The summed E-state index contributed by atoms with van der Waals surface area (Å²) in [7, 11) is -13.8. The maximum absolute atomic E-state index is 13.1. The van der Waals surface area contributed by atoms with E-state index in [1.54, 1.807) is 10.8 Å². The molecule has 376 valence electrons. The Morgan fingerprint density at radius 2 is 1.48 bits per heavy atom. The third-order valence-electron chi connectivity index (χ3n) is 12.6. The zero-order valence-corrected chi connectivity index (χ0v) is 49.3. The Balaban J connectivity index is 0.00000666. The SMILES string of the molecule is CC(C)C(=O)NCCCCCCCC(=O)CCc1cccc(C(=C\C=C2/N(CCCS(=O)(=O)[O-])c3ccc(S(=O)(=O)[O-])cc3C2(C)C)/C=C/C2=Nc3c(cc(Cl)c[n+]3CCCS(=O)(=O)[O-])C2(C)C)c1.[Na+].[Na+]. The quantitative estimate of drug-likeness (QED) is 0.0420. The van der Waals surface area contributed by atoms with Crippen molar-refractivity contribution in [1.82, 2.24) is 5.32 Å². The number of aromatic nitrogens is 1. The average Bonchev–Trinajstić information content (AvgIpc) is 3.63. The molecule has 3 heterocycles. The molecule has 0 saturated carbocycles. The minimum Gasteiger partial charge on any atom is -0.748 e. The number of anilines is 1. The van der Waals surface area contributed by atoms with Gasteiger partial charge in [0.1, 0.15) is 22.1 Å². The Labute approximate surface area is 469 Å². The molecule has 2 aliphatic heterocycles. The van der Waals surface area contributed by atoms with E-state index in [9.17, 15) is 48.5 Å². The number of hydrogen-bond donors (Lipinski definition) is 1. The molecule has 21 heteroatoms. The molecule has 15 nitrogen and oxygen atoms in total. The van der Waals surface area contributed by atoms with Crippen molar-refractivity contribution in [2.75, 3.05) is 29.5 Å². The number of fused-ring (bicyclic) bond motifs is 2. The second-order valence-electron chi connectivity index (χ2n) is 19.1. The number of carbonyl (C=O) groups is 2. The first-order valence-electron chi connectivity index (χ1n) is 23.2. The van der Waals surface area contributed by atoms with Crippen LogP contribution in [-0.4, -0.2) is 80.9 Å². The van der Waals surface area contributed by atoms with Gasteiger partial charge in [0.15, 0.2) is 5.71 Å². The summed E-state index contributed by atoms with van der Waals surface area (Å²) in [5.41, 5.74) is 4.04. The number of amides is 1. The van der Waals surface area contributed by atoms with Gasteiger partial charge < -0.3 is 23.9 Å². The van der Waals surface area contributed by atoms with Gasteiger partial charge in [-0.3, -0.25) is 9.59 Å². The molecule has 0 spiro atoms. The molecule has 1 amide bonds. The normalized spacial score (nSPS) is 15.9. The minimum atomic E-state index is -4.82. The molecule has 0 bridgehead atoms. The van der Waals surface area contributed by atoms with E-state index >= 15 is 0 Å². The molecular formula is C50H63ClN4Na2O11S3. The Bertz CT molecular complexity index is 2880. The molecule has 1 aromatic heterocycles. The van der Waals surface area contributed by atoms with Crippen LogP contribution in [-0.2, 0) is 63.7 Å². The van der Waals surface area contributed by atoms with Gasteiger partial charge in [-0.2, -0.15) is 0 Å². The van der Waals surface area contributed by atoms with Crippen molar-refractivity contribution in [3.8, 4) is 0 Å². The van der Waals surface area contributed by atoms with Gasteiger partial charge in [-0.1, -0.05) is 95.0 Å². The van der Waals surface area contributed by atoms with Crippen LogP contribution in [0.25, 0.3) is 5.57 Å². The van der Waals surface area contributed by atoms with E-state index in [4.69, 9.17) is 16.6 Å². The van der Waals surface area contributed by atoms with Gasteiger partial charge >= 0.3 is 64.9 Å². The van der Waals surface area contributed by atoms with Crippen LogP contribution in [0.5, 0.6) is 0 Å². The first kappa shape index (κ1) is 62.7. The third-order valence-corrected chi connectivity index (χ3v) is 15.2. The van der Waals surface area contributed by atoms with Crippen LogP contribution in [0.3, 0.4) is 0 Å². The summed E-state index contributed by atoms with van der Waals surface area (Å²) in [4.78, 5) is 31.2. The third kappa shape index (κ3) is 18.1. The van der Waals surface area contributed by atoms with Gasteiger partial charge in [0.2, 0.25) is 5.91 Å². The number of rotatable bonds is 25. The van der Waals surface area contributed by atoms with Crippen LogP contribution in [0.15, 0.2) is 94.6 Å². The van der Waals surface area contributed by atoms with Gasteiger partial charge in [-0.05, 0) is 110 Å². The number of unbranched alkanes of at least 4 members (excludes halogenated alkanes) is 4. The summed E-state index contributed by atoms with van der Waals surface area (Å²) in [5, 5.41) is 3.34. The first-order chi connectivity index (χ1) is 32.2. The molecule has 2 aliphatic rings. The fraction of sp³-hybridized carbons (Fsp3) is 0.480. The van der Waals surface area contributed by atoms with Gasteiger partial charge in [0.25, 0.3) is 0 Å². The smallest absolute Gasteiger partial charge is 0.748 e. The summed E-state index contributed by atoms with van der Waals surface area (Å²) >= 11 is 6.55. The van der Waals surface area contributed by atoms with E-state index < -0.39 is 57.6 Å². The number of nitrogens with one attached hydrogen (secondary N) is 1. The van der Waals surface area contributed by atoms with Crippen molar-refractivity contribution in [3.63, 3.8) is 0 Å². The molecule has 0 saturated heterocycles. The Kier molecular flexibility index (Phi) is 23.7.